The van der Waals surface area contributed by atoms with Gasteiger partial charge in [-0.3, -0.25) is 4.79 Å². The van der Waals surface area contributed by atoms with Gasteiger partial charge in [-0.05, 0) is 35.7 Å². The Labute approximate surface area is 181 Å². The van der Waals surface area contributed by atoms with Crippen LogP contribution in [0, 0.1) is 0 Å². The van der Waals surface area contributed by atoms with Crippen LogP contribution in [-0.2, 0) is 17.6 Å². The Kier molecular flexibility index (Phi) is 6.17. The Hall–Kier alpha value is -3.80. The highest BCUT2D eigenvalue weighted by molar-refractivity contribution is 6.02. The number of nitrogens with one attached hydrogen (secondary N) is 2. The Bertz CT molecular complexity index is 1070. The van der Waals surface area contributed by atoms with Gasteiger partial charge < -0.3 is 20.3 Å². The van der Waals surface area contributed by atoms with Gasteiger partial charge in [0.2, 0.25) is 5.91 Å². The Balaban J connectivity index is 1.54. The smallest absolute Gasteiger partial charge is 0.320 e. The summed E-state index contributed by atoms with van der Waals surface area (Å²) in [6.07, 6.45) is 1.21. The van der Waals surface area contributed by atoms with Crippen molar-refractivity contribution in [1.82, 2.24) is 5.32 Å². The maximum absolute atomic E-state index is 13.5. The predicted molar refractivity (Wildman–Crippen MR) is 122 cm³/mol. The zero-order valence-electron chi connectivity index (χ0n) is 17.4. The number of urea groups is 1. The second-order valence-corrected chi connectivity index (χ2v) is 7.41. The third-order valence-electron chi connectivity index (χ3n) is 5.39. The summed E-state index contributed by atoms with van der Waals surface area (Å²) >= 11 is 0. The van der Waals surface area contributed by atoms with Crippen LogP contribution in [0.3, 0.4) is 0 Å². The van der Waals surface area contributed by atoms with Crippen LogP contribution < -0.4 is 20.3 Å². The maximum Gasteiger partial charge on any atom is 0.320 e. The Morgan fingerprint density at radius 3 is 2.48 bits per heavy atom. The quantitative estimate of drug-likeness (QED) is 0.639. The highest BCUT2D eigenvalue weighted by Gasteiger charge is 2.31. The first kappa shape index (κ1) is 20.5. The fourth-order valence-corrected chi connectivity index (χ4v) is 3.87. The van der Waals surface area contributed by atoms with Gasteiger partial charge >= 0.3 is 6.03 Å². The number of para-hydroxylation sites is 3. The SMILES string of the molecule is COc1ccccc1NC(=O)N[C@@H](Cc1ccccc1)C(=O)N1CCc2ccccc21. The number of fused-ring (bicyclic) bond motifs is 1. The lowest BCUT2D eigenvalue weighted by Crippen LogP contribution is -2.50. The third kappa shape index (κ3) is 4.69. The van der Waals surface area contributed by atoms with Gasteiger partial charge in [0.25, 0.3) is 0 Å². The van der Waals surface area contributed by atoms with E-state index >= 15 is 0 Å². The van der Waals surface area contributed by atoms with Gasteiger partial charge in [-0.2, -0.15) is 0 Å². The van der Waals surface area contributed by atoms with Crippen LogP contribution >= 0.6 is 0 Å². The van der Waals surface area contributed by atoms with E-state index in [2.05, 4.69) is 10.6 Å². The zero-order valence-corrected chi connectivity index (χ0v) is 17.4. The summed E-state index contributed by atoms with van der Waals surface area (Å²) in [4.78, 5) is 28.1. The van der Waals surface area contributed by atoms with Crippen LogP contribution in [0.25, 0.3) is 0 Å². The van der Waals surface area contributed by atoms with Gasteiger partial charge in [-0.25, -0.2) is 4.79 Å². The second-order valence-electron chi connectivity index (χ2n) is 7.41. The molecule has 6 heteroatoms. The summed E-state index contributed by atoms with van der Waals surface area (Å²) in [5.74, 6) is 0.432. The standard InChI is InChI=1S/C25H25N3O3/c1-31-23-14-8-6-12-20(23)26-25(30)27-21(17-18-9-3-2-4-10-18)24(29)28-16-15-19-11-5-7-13-22(19)28/h2-14,21H,15-17H2,1H3,(H2,26,27,30)/t21-/m0/s1. The number of nitrogens with zero attached hydrogens (tertiary/aromatic N) is 1. The normalized spacial score (nSPS) is 13.3. The molecule has 1 atom stereocenters. The first-order valence-corrected chi connectivity index (χ1v) is 10.3. The van der Waals surface area contributed by atoms with Crippen molar-refractivity contribution in [3.05, 3.63) is 90.0 Å². The van der Waals surface area contributed by atoms with E-state index in [1.54, 1.807) is 24.1 Å². The van der Waals surface area contributed by atoms with E-state index in [9.17, 15) is 9.59 Å². The number of methoxy groups -OCH3 is 1. The number of benzene rings is 3. The van der Waals surface area contributed by atoms with Crippen molar-refractivity contribution < 1.29 is 14.3 Å². The minimum atomic E-state index is -0.705. The van der Waals surface area contributed by atoms with Crippen LogP contribution in [0.5, 0.6) is 5.75 Å². The molecule has 1 heterocycles. The van der Waals surface area contributed by atoms with Crippen molar-refractivity contribution in [2.75, 3.05) is 23.9 Å². The van der Waals surface area contributed by atoms with Gasteiger partial charge in [0.05, 0.1) is 12.8 Å². The lowest BCUT2D eigenvalue weighted by Gasteiger charge is -2.25. The lowest BCUT2D eigenvalue weighted by molar-refractivity contribution is -0.120. The summed E-state index contributed by atoms with van der Waals surface area (Å²) in [7, 11) is 1.55. The molecule has 0 spiro atoms. The predicted octanol–water partition coefficient (Wildman–Crippen LogP) is 4.02. The number of anilines is 2. The molecule has 0 saturated heterocycles. The van der Waals surface area contributed by atoms with E-state index in [0.717, 1.165) is 23.2 Å². The average molecular weight is 415 g/mol. The fraction of sp³-hybridized carbons (Fsp3) is 0.200. The minimum Gasteiger partial charge on any atom is -0.495 e. The van der Waals surface area contributed by atoms with E-state index in [-0.39, 0.29) is 5.91 Å². The lowest BCUT2D eigenvalue weighted by atomic mass is 10.0. The van der Waals surface area contributed by atoms with E-state index in [1.807, 2.05) is 66.7 Å². The van der Waals surface area contributed by atoms with Crippen molar-refractivity contribution in [2.45, 2.75) is 18.9 Å². The highest BCUT2D eigenvalue weighted by Crippen LogP contribution is 2.28. The first-order valence-electron chi connectivity index (χ1n) is 10.3. The molecule has 6 nitrogen and oxygen atoms in total. The Morgan fingerprint density at radius 2 is 1.68 bits per heavy atom. The zero-order chi connectivity index (χ0) is 21.6. The number of carbonyl (C=O) groups is 2. The summed E-state index contributed by atoms with van der Waals surface area (Å²) in [6.45, 7) is 0.610. The van der Waals surface area contributed by atoms with Crippen molar-refractivity contribution >= 4 is 23.3 Å². The van der Waals surface area contributed by atoms with Gasteiger partial charge in [0.1, 0.15) is 11.8 Å². The summed E-state index contributed by atoms with van der Waals surface area (Å²) in [5, 5.41) is 5.67. The molecule has 1 aliphatic rings. The van der Waals surface area contributed by atoms with Crippen molar-refractivity contribution in [3.63, 3.8) is 0 Å². The molecule has 1 aliphatic heterocycles. The molecule has 0 aliphatic carbocycles. The summed E-state index contributed by atoms with van der Waals surface area (Å²) < 4.78 is 5.30. The van der Waals surface area contributed by atoms with Crippen LogP contribution in [0.15, 0.2) is 78.9 Å². The largest absolute Gasteiger partial charge is 0.495 e. The monoisotopic (exact) mass is 415 g/mol. The van der Waals surface area contributed by atoms with Gasteiger partial charge in [0, 0.05) is 18.7 Å². The fourth-order valence-electron chi connectivity index (χ4n) is 3.87. The average Bonchev–Trinajstić information content (AvgIpc) is 3.23. The van der Waals surface area contributed by atoms with E-state index in [4.69, 9.17) is 4.74 Å². The van der Waals surface area contributed by atoms with Crippen molar-refractivity contribution in [2.24, 2.45) is 0 Å². The summed E-state index contributed by atoms with van der Waals surface area (Å²) in [6, 6.07) is 23.6. The number of amides is 3. The topological polar surface area (TPSA) is 70.7 Å². The second kappa shape index (κ2) is 9.34. The molecule has 0 fully saturated rings. The molecule has 0 unspecified atom stereocenters. The van der Waals surface area contributed by atoms with Gasteiger partial charge in [0.15, 0.2) is 0 Å². The number of rotatable bonds is 6. The van der Waals surface area contributed by atoms with E-state index in [1.165, 1.54) is 0 Å². The number of hydrogen-bond acceptors (Lipinski definition) is 3. The minimum absolute atomic E-state index is 0.121. The first-order chi connectivity index (χ1) is 15.2. The van der Waals surface area contributed by atoms with Gasteiger partial charge in [-0.1, -0.05) is 60.7 Å². The molecule has 3 aromatic rings. The molecule has 158 valence electrons. The molecule has 0 radical (unpaired) electrons. The third-order valence-corrected chi connectivity index (χ3v) is 5.39. The molecule has 3 aromatic carbocycles. The van der Waals surface area contributed by atoms with Crippen LogP contribution in [0.1, 0.15) is 11.1 Å². The van der Waals surface area contributed by atoms with Crippen LogP contribution in [0.4, 0.5) is 16.2 Å². The molecule has 0 saturated carbocycles. The molecule has 4 rings (SSSR count). The summed E-state index contributed by atoms with van der Waals surface area (Å²) in [5.41, 5.74) is 3.58. The van der Waals surface area contributed by atoms with Crippen LogP contribution in [-0.4, -0.2) is 31.6 Å². The number of carbonyl (C=O) groups excluding carboxylic acids is 2. The van der Waals surface area contributed by atoms with Crippen LogP contribution in [0.2, 0.25) is 0 Å². The highest BCUT2D eigenvalue weighted by atomic mass is 16.5. The number of ether oxygens (including phenoxy) is 1. The molecule has 0 aromatic heterocycles. The van der Waals surface area contributed by atoms with Crippen molar-refractivity contribution in [1.29, 1.82) is 0 Å². The molecule has 31 heavy (non-hydrogen) atoms. The van der Waals surface area contributed by atoms with Gasteiger partial charge in [-0.15, -0.1) is 0 Å². The molecule has 0 bridgehead atoms. The Morgan fingerprint density at radius 1 is 0.968 bits per heavy atom. The van der Waals surface area contributed by atoms with E-state index < -0.39 is 12.1 Å². The van der Waals surface area contributed by atoms with E-state index in [0.29, 0.717) is 24.4 Å². The molecular formula is C25H25N3O3. The molecular weight excluding hydrogens is 390 g/mol. The molecule has 3 amide bonds. The van der Waals surface area contributed by atoms with Crippen molar-refractivity contribution in [3.8, 4) is 5.75 Å². The molecule has 2 N–H and O–H groups in total. The maximum atomic E-state index is 13.5. The number of hydrogen-bond donors (Lipinski definition) is 2.